The summed E-state index contributed by atoms with van der Waals surface area (Å²) in [5, 5.41) is 22.3. The molecule has 0 spiro atoms. The molecule has 4 saturated heterocycles. The van der Waals surface area contributed by atoms with Crippen LogP contribution in [0.15, 0.2) is 91.0 Å². The van der Waals surface area contributed by atoms with Crippen molar-refractivity contribution in [2.75, 3.05) is 48.4 Å². The number of rotatable bonds is 10. The number of amides is 4. The monoisotopic (exact) mass is 799 g/mol. The standard InChI is InChI=1S/C46H46ClN5O6/c47-20-17-38(29-3-10-36(53)11-4-29)43(31-5-12-37(54)13-6-31)30-1-7-32(8-2-30)49-21-18-28(19-22-49)25-50-26-35-23-34(50)27-51(35)33-9-14-39-40(24-33)46(58)52(45(39)57)41-15-16-42(55)48-44(41)56/h1-14,24,28,34-35,41,53-54H,15-23,25-27H2,(H,48,55,56). The number of allylic oxidation sites excluding steroid dienone is 1. The summed E-state index contributed by atoms with van der Waals surface area (Å²) in [4.78, 5) is 59.3. The van der Waals surface area contributed by atoms with Crippen LogP contribution in [0.3, 0.4) is 0 Å². The molecule has 11 nitrogen and oxygen atoms in total. The molecule has 3 atom stereocenters. The smallest absolute Gasteiger partial charge is 0.262 e. The third kappa shape index (κ3) is 7.11. The lowest BCUT2D eigenvalue weighted by atomic mass is 9.88. The zero-order valence-corrected chi connectivity index (χ0v) is 32.9. The highest BCUT2D eigenvalue weighted by molar-refractivity contribution is 6.23. The molecular weight excluding hydrogens is 754 g/mol. The number of imide groups is 2. The molecule has 4 aromatic carbocycles. The molecule has 0 aliphatic carbocycles. The minimum absolute atomic E-state index is 0.0964. The fraction of sp³-hybridized carbons (Fsp3) is 0.348. The Hall–Kier alpha value is -5.65. The quantitative estimate of drug-likeness (QED) is 0.0966. The summed E-state index contributed by atoms with van der Waals surface area (Å²) in [7, 11) is 0. The summed E-state index contributed by atoms with van der Waals surface area (Å²) in [6, 6.07) is 28.5. The third-order valence-corrected chi connectivity index (χ3v) is 12.9. The van der Waals surface area contributed by atoms with Crippen LogP contribution in [0.1, 0.15) is 75.9 Å². The minimum Gasteiger partial charge on any atom is -0.508 e. The van der Waals surface area contributed by atoms with E-state index in [9.17, 15) is 29.4 Å². The maximum atomic E-state index is 13.4. The number of halogens is 1. The van der Waals surface area contributed by atoms with Gasteiger partial charge < -0.3 is 20.0 Å². The van der Waals surface area contributed by atoms with E-state index in [2.05, 4.69) is 44.3 Å². The summed E-state index contributed by atoms with van der Waals surface area (Å²) in [6.45, 7) is 4.88. The molecule has 298 valence electrons. The van der Waals surface area contributed by atoms with Crippen molar-refractivity contribution < 1.29 is 29.4 Å². The van der Waals surface area contributed by atoms with Gasteiger partial charge in [-0.1, -0.05) is 36.4 Å². The van der Waals surface area contributed by atoms with E-state index in [0.717, 1.165) is 90.4 Å². The van der Waals surface area contributed by atoms with Crippen LogP contribution in [0.2, 0.25) is 0 Å². The molecule has 2 bridgehead atoms. The second-order valence-corrected chi connectivity index (χ2v) is 16.6. The van der Waals surface area contributed by atoms with Gasteiger partial charge in [0.25, 0.3) is 11.8 Å². The first-order valence-electron chi connectivity index (χ1n) is 20.2. The summed E-state index contributed by atoms with van der Waals surface area (Å²) in [6.07, 6.45) is 4.17. The lowest BCUT2D eigenvalue weighted by molar-refractivity contribution is -0.136. The number of piperazine rings is 1. The van der Waals surface area contributed by atoms with E-state index in [4.69, 9.17) is 11.6 Å². The van der Waals surface area contributed by atoms with E-state index < -0.39 is 23.8 Å². The molecule has 0 aromatic heterocycles. The second kappa shape index (κ2) is 15.6. The average molecular weight is 800 g/mol. The van der Waals surface area contributed by atoms with Gasteiger partial charge in [0.1, 0.15) is 17.5 Å². The van der Waals surface area contributed by atoms with Crippen molar-refractivity contribution >= 4 is 57.8 Å². The number of phenolic OH excluding ortho intramolecular Hbond substituents is 2. The lowest BCUT2D eigenvalue weighted by Gasteiger charge is -2.40. The number of benzene rings is 4. The molecular formula is C46H46ClN5O6. The van der Waals surface area contributed by atoms with Crippen LogP contribution in [0.25, 0.3) is 11.1 Å². The highest BCUT2D eigenvalue weighted by Gasteiger charge is 2.47. The summed E-state index contributed by atoms with van der Waals surface area (Å²) in [5.74, 6) is -0.464. The van der Waals surface area contributed by atoms with Crippen LogP contribution in [0.4, 0.5) is 11.4 Å². The Morgan fingerprint density at radius 3 is 1.95 bits per heavy atom. The van der Waals surface area contributed by atoms with Gasteiger partial charge in [0.2, 0.25) is 11.8 Å². The number of likely N-dealkylation sites (tertiary alicyclic amines) is 1. The Morgan fingerprint density at radius 2 is 1.33 bits per heavy atom. The summed E-state index contributed by atoms with van der Waals surface area (Å²) in [5.41, 5.74) is 7.91. The highest BCUT2D eigenvalue weighted by Crippen LogP contribution is 2.40. The van der Waals surface area contributed by atoms with Gasteiger partial charge in [0.15, 0.2) is 0 Å². The first-order chi connectivity index (χ1) is 28.1. The normalized spacial score (nSPS) is 22.8. The molecule has 4 fully saturated rings. The summed E-state index contributed by atoms with van der Waals surface area (Å²) >= 11 is 6.35. The topological polar surface area (TPSA) is 134 Å². The Morgan fingerprint density at radius 1 is 0.707 bits per heavy atom. The molecule has 5 aliphatic rings. The number of hydrogen-bond acceptors (Lipinski definition) is 9. The molecule has 4 amide bonds. The number of nitrogens with one attached hydrogen (secondary N) is 1. The van der Waals surface area contributed by atoms with Crippen molar-refractivity contribution in [1.82, 2.24) is 15.1 Å². The van der Waals surface area contributed by atoms with Crippen LogP contribution in [-0.2, 0) is 9.59 Å². The number of piperidine rings is 2. The van der Waals surface area contributed by atoms with Gasteiger partial charge in [-0.15, -0.1) is 11.6 Å². The van der Waals surface area contributed by atoms with Crippen LogP contribution in [0, 0.1) is 5.92 Å². The van der Waals surface area contributed by atoms with Gasteiger partial charge in [0, 0.05) is 68.5 Å². The number of hydrogen-bond donors (Lipinski definition) is 3. The Balaban J connectivity index is 0.824. The van der Waals surface area contributed by atoms with Gasteiger partial charge in [-0.3, -0.25) is 34.3 Å². The van der Waals surface area contributed by atoms with Crippen molar-refractivity contribution in [2.24, 2.45) is 5.92 Å². The van der Waals surface area contributed by atoms with Crippen LogP contribution < -0.4 is 15.1 Å². The SMILES string of the molecule is O=C1CCC(N2C(=O)c3ccc(N4CC5CC4CN5CC4CCN(c5ccc(C(=C(CCCl)c6ccc(O)cc6)c6ccc(O)cc6)cc5)CC4)cc3C2=O)C(=O)N1. The first kappa shape index (κ1) is 37.9. The minimum atomic E-state index is -0.969. The van der Waals surface area contributed by atoms with Gasteiger partial charge in [-0.25, -0.2) is 0 Å². The number of carbonyl (C=O) groups excluding carboxylic acids is 4. The van der Waals surface area contributed by atoms with Gasteiger partial charge in [-0.05, 0) is 120 Å². The Kier molecular flexibility index (Phi) is 10.2. The Labute approximate surface area is 342 Å². The zero-order chi connectivity index (χ0) is 40.1. The molecule has 4 aromatic rings. The van der Waals surface area contributed by atoms with Gasteiger partial charge >= 0.3 is 0 Å². The number of carbonyl (C=O) groups is 4. The highest BCUT2D eigenvalue weighted by atomic mass is 35.5. The first-order valence-corrected chi connectivity index (χ1v) is 20.8. The molecule has 9 rings (SSSR count). The van der Waals surface area contributed by atoms with Crippen molar-refractivity contribution in [1.29, 1.82) is 0 Å². The maximum absolute atomic E-state index is 13.4. The zero-order valence-electron chi connectivity index (χ0n) is 32.1. The number of fused-ring (bicyclic) bond motifs is 3. The van der Waals surface area contributed by atoms with Crippen molar-refractivity contribution in [2.45, 2.75) is 56.7 Å². The van der Waals surface area contributed by atoms with Crippen molar-refractivity contribution in [3.8, 4) is 11.5 Å². The molecule has 58 heavy (non-hydrogen) atoms. The largest absolute Gasteiger partial charge is 0.508 e. The van der Waals surface area contributed by atoms with Gasteiger partial charge in [0.05, 0.1) is 11.1 Å². The van der Waals surface area contributed by atoms with Crippen molar-refractivity contribution in [3.63, 3.8) is 0 Å². The van der Waals surface area contributed by atoms with E-state index in [1.165, 1.54) is 5.69 Å². The summed E-state index contributed by atoms with van der Waals surface area (Å²) < 4.78 is 0. The van der Waals surface area contributed by atoms with Gasteiger partial charge in [-0.2, -0.15) is 0 Å². The molecule has 12 heteroatoms. The second-order valence-electron chi connectivity index (χ2n) is 16.2. The number of anilines is 2. The molecule has 3 unspecified atom stereocenters. The lowest BCUT2D eigenvalue weighted by Crippen LogP contribution is -2.54. The molecule has 5 aliphatic heterocycles. The van der Waals surface area contributed by atoms with E-state index >= 15 is 0 Å². The van der Waals surface area contributed by atoms with Crippen molar-refractivity contribution in [3.05, 3.63) is 119 Å². The third-order valence-electron chi connectivity index (χ3n) is 12.8. The molecule has 3 N–H and O–H groups in total. The van der Waals surface area contributed by atoms with Crippen LogP contribution in [0.5, 0.6) is 11.5 Å². The predicted octanol–water partition coefficient (Wildman–Crippen LogP) is 6.27. The van der Waals surface area contributed by atoms with Crippen LogP contribution >= 0.6 is 11.6 Å². The fourth-order valence-corrected chi connectivity index (χ4v) is 9.97. The molecule has 0 radical (unpaired) electrons. The average Bonchev–Trinajstić information content (AvgIpc) is 3.90. The van der Waals surface area contributed by atoms with E-state index in [0.29, 0.717) is 41.4 Å². The fourth-order valence-electron chi connectivity index (χ4n) is 9.79. The van der Waals surface area contributed by atoms with E-state index in [1.54, 1.807) is 30.3 Å². The number of phenols is 2. The number of alkyl halides is 1. The molecule has 0 saturated carbocycles. The van der Waals surface area contributed by atoms with Crippen LogP contribution in [-0.4, -0.2) is 100 Å². The predicted molar refractivity (Wildman–Crippen MR) is 223 cm³/mol. The maximum Gasteiger partial charge on any atom is 0.262 e. The van der Waals surface area contributed by atoms with E-state index in [1.807, 2.05) is 36.4 Å². The Bertz CT molecular complexity index is 2290. The molecule has 5 heterocycles. The van der Waals surface area contributed by atoms with E-state index in [-0.39, 0.29) is 30.2 Å². The number of aromatic hydroxyl groups is 2. The number of nitrogens with zero attached hydrogens (tertiary/aromatic N) is 4.